The fourth-order valence-electron chi connectivity index (χ4n) is 2.03. The van der Waals surface area contributed by atoms with Crippen LogP contribution in [0.15, 0.2) is 42.6 Å². The van der Waals surface area contributed by atoms with Gasteiger partial charge in [-0.25, -0.2) is 4.98 Å². The van der Waals surface area contributed by atoms with Gasteiger partial charge in [-0.3, -0.25) is 4.79 Å². The number of nitrogens with one attached hydrogen (secondary N) is 1. The molecule has 1 N–H and O–H groups in total. The molecule has 1 atom stereocenters. The van der Waals surface area contributed by atoms with Crippen LogP contribution >= 0.6 is 0 Å². The van der Waals surface area contributed by atoms with Crippen LogP contribution in [0.25, 0.3) is 0 Å². The molecule has 1 heterocycles. The van der Waals surface area contributed by atoms with E-state index in [2.05, 4.69) is 10.3 Å². The summed E-state index contributed by atoms with van der Waals surface area (Å²) in [6, 6.07) is 11.1. The molecule has 2 rings (SSSR count). The summed E-state index contributed by atoms with van der Waals surface area (Å²) in [6.45, 7) is 1.90. The average molecular weight is 286 g/mol. The van der Waals surface area contributed by atoms with Crippen LogP contribution in [0.4, 0.5) is 5.69 Å². The summed E-state index contributed by atoms with van der Waals surface area (Å²) in [5.74, 6) is 0.103. The van der Waals surface area contributed by atoms with Crippen LogP contribution in [0.2, 0.25) is 0 Å². The van der Waals surface area contributed by atoms with Crippen molar-refractivity contribution in [1.82, 2.24) is 4.98 Å². The first-order chi connectivity index (χ1) is 10.2. The second kappa shape index (κ2) is 6.85. The molecule has 110 valence electrons. The molecule has 5 heteroatoms. The van der Waals surface area contributed by atoms with E-state index >= 15 is 0 Å². The maximum Gasteiger partial charge on any atom is 0.258 e. The predicted octanol–water partition coefficient (Wildman–Crippen LogP) is 2.72. The van der Waals surface area contributed by atoms with Crippen molar-refractivity contribution in [2.45, 2.75) is 13.0 Å². The number of carbonyl (C=O) groups is 1. The number of aryl methyl sites for hydroxylation is 1. The Balaban J connectivity index is 2.22. The minimum Gasteiger partial charge on any atom is -0.480 e. The molecule has 0 saturated heterocycles. The Bertz CT molecular complexity index is 614. The second-order valence-corrected chi connectivity index (χ2v) is 4.59. The van der Waals surface area contributed by atoms with Gasteiger partial charge in [-0.2, -0.15) is 0 Å². The second-order valence-electron chi connectivity index (χ2n) is 4.59. The third-order valence-corrected chi connectivity index (χ3v) is 3.02. The molecule has 5 nitrogen and oxygen atoms in total. The van der Waals surface area contributed by atoms with E-state index in [1.54, 1.807) is 12.3 Å². The van der Waals surface area contributed by atoms with Crippen molar-refractivity contribution in [3.63, 3.8) is 0 Å². The van der Waals surface area contributed by atoms with Gasteiger partial charge in [-0.05, 0) is 24.1 Å². The molecule has 0 fully saturated rings. The first kappa shape index (κ1) is 15.0. The Hall–Kier alpha value is -2.40. The van der Waals surface area contributed by atoms with Crippen molar-refractivity contribution in [3.05, 3.63) is 53.7 Å². The highest BCUT2D eigenvalue weighted by atomic mass is 16.5. The summed E-state index contributed by atoms with van der Waals surface area (Å²) >= 11 is 0. The van der Waals surface area contributed by atoms with Gasteiger partial charge < -0.3 is 14.8 Å². The van der Waals surface area contributed by atoms with E-state index in [9.17, 15) is 4.79 Å². The highest BCUT2D eigenvalue weighted by molar-refractivity contribution is 5.95. The van der Waals surface area contributed by atoms with Gasteiger partial charge >= 0.3 is 0 Å². The van der Waals surface area contributed by atoms with E-state index < -0.39 is 6.10 Å². The topological polar surface area (TPSA) is 60.5 Å². The van der Waals surface area contributed by atoms with E-state index in [-0.39, 0.29) is 5.91 Å². The van der Waals surface area contributed by atoms with E-state index in [4.69, 9.17) is 9.47 Å². The molecule has 0 radical (unpaired) electrons. The SMILES string of the molecule is COc1ncc(C)cc1NC(=O)[C@@H](OC)c1ccccc1. The summed E-state index contributed by atoms with van der Waals surface area (Å²) in [7, 11) is 3.02. The summed E-state index contributed by atoms with van der Waals surface area (Å²) in [4.78, 5) is 16.5. The zero-order valence-corrected chi connectivity index (χ0v) is 12.3. The standard InChI is InChI=1S/C16H18N2O3/c1-11-9-13(16(21-3)17-10-11)18-15(19)14(20-2)12-7-5-4-6-8-12/h4-10,14H,1-3H3,(H,18,19)/t14-/m0/s1. The van der Waals surface area contributed by atoms with Gasteiger partial charge in [0, 0.05) is 13.3 Å². The molecule has 0 aliphatic rings. The molecular weight excluding hydrogens is 268 g/mol. The van der Waals surface area contributed by atoms with Crippen LogP contribution in [-0.2, 0) is 9.53 Å². The van der Waals surface area contributed by atoms with Gasteiger partial charge in [0.05, 0.1) is 7.11 Å². The molecule has 0 bridgehead atoms. The summed E-state index contributed by atoms with van der Waals surface area (Å²) in [5.41, 5.74) is 2.25. The number of methoxy groups -OCH3 is 2. The largest absolute Gasteiger partial charge is 0.480 e. The third-order valence-electron chi connectivity index (χ3n) is 3.02. The quantitative estimate of drug-likeness (QED) is 0.918. The van der Waals surface area contributed by atoms with Gasteiger partial charge in [0.25, 0.3) is 5.91 Å². The smallest absolute Gasteiger partial charge is 0.258 e. The van der Waals surface area contributed by atoms with Crippen LogP contribution < -0.4 is 10.1 Å². The lowest BCUT2D eigenvalue weighted by molar-refractivity contribution is -0.126. The van der Waals surface area contributed by atoms with Crippen molar-refractivity contribution in [2.24, 2.45) is 0 Å². The number of carbonyl (C=O) groups excluding carboxylic acids is 1. The number of hydrogen-bond donors (Lipinski definition) is 1. The molecule has 0 aliphatic heterocycles. The van der Waals surface area contributed by atoms with Crippen LogP contribution in [0.3, 0.4) is 0 Å². The number of ether oxygens (including phenoxy) is 2. The number of hydrogen-bond acceptors (Lipinski definition) is 4. The normalized spacial score (nSPS) is 11.8. The molecule has 0 unspecified atom stereocenters. The summed E-state index contributed by atoms with van der Waals surface area (Å²) < 4.78 is 10.5. The average Bonchev–Trinajstić information content (AvgIpc) is 2.49. The maximum atomic E-state index is 12.4. The Morgan fingerprint density at radius 3 is 2.57 bits per heavy atom. The van der Waals surface area contributed by atoms with E-state index in [1.807, 2.05) is 37.3 Å². The Morgan fingerprint density at radius 1 is 1.24 bits per heavy atom. The summed E-state index contributed by atoms with van der Waals surface area (Å²) in [6.07, 6.45) is 0.996. The van der Waals surface area contributed by atoms with Crippen LogP contribution in [0, 0.1) is 6.92 Å². The fourth-order valence-corrected chi connectivity index (χ4v) is 2.03. The lowest BCUT2D eigenvalue weighted by atomic mass is 10.1. The zero-order chi connectivity index (χ0) is 15.2. The molecule has 2 aromatic rings. The Kier molecular flexibility index (Phi) is 4.90. The molecule has 1 amide bonds. The minimum atomic E-state index is -0.684. The van der Waals surface area contributed by atoms with Gasteiger partial charge in [0.15, 0.2) is 6.10 Å². The van der Waals surface area contributed by atoms with Crippen molar-refractivity contribution in [3.8, 4) is 5.88 Å². The number of aromatic nitrogens is 1. The number of pyridine rings is 1. The molecule has 1 aromatic heterocycles. The van der Waals surface area contributed by atoms with E-state index in [0.717, 1.165) is 11.1 Å². The minimum absolute atomic E-state index is 0.269. The predicted molar refractivity (Wildman–Crippen MR) is 80.3 cm³/mol. The number of nitrogens with zero attached hydrogens (tertiary/aromatic N) is 1. The first-order valence-corrected chi connectivity index (χ1v) is 6.55. The zero-order valence-electron chi connectivity index (χ0n) is 12.3. The highest BCUT2D eigenvalue weighted by Gasteiger charge is 2.21. The maximum absolute atomic E-state index is 12.4. The van der Waals surface area contributed by atoms with Gasteiger partial charge in [0.2, 0.25) is 5.88 Å². The van der Waals surface area contributed by atoms with Crippen molar-refractivity contribution in [2.75, 3.05) is 19.5 Å². The van der Waals surface area contributed by atoms with Crippen LogP contribution in [0.5, 0.6) is 5.88 Å². The number of rotatable bonds is 5. The van der Waals surface area contributed by atoms with Crippen molar-refractivity contribution >= 4 is 11.6 Å². The van der Waals surface area contributed by atoms with Gasteiger partial charge in [0.1, 0.15) is 5.69 Å². The molecule has 1 aromatic carbocycles. The number of benzene rings is 1. The highest BCUT2D eigenvalue weighted by Crippen LogP contribution is 2.25. The van der Waals surface area contributed by atoms with Crippen LogP contribution in [-0.4, -0.2) is 25.1 Å². The lowest BCUT2D eigenvalue weighted by Gasteiger charge is -2.16. The van der Waals surface area contributed by atoms with Crippen LogP contribution in [0.1, 0.15) is 17.2 Å². The number of amides is 1. The van der Waals surface area contributed by atoms with E-state index in [0.29, 0.717) is 11.6 Å². The Morgan fingerprint density at radius 2 is 1.95 bits per heavy atom. The van der Waals surface area contributed by atoms with Crippen molar-refractivity contribution < 1.29 is 14.3 Å². The third kappa shape index (κ3) is 3.58. The fraction of sp³-hybridized carbons (Fsp3) is 0.250. The molecule has 0 aliphatic carbocycles. The lowest BCUT2D eigenvalue weighted by Crippen LogP contribution is -2.23. The number of anilines is 1. The molecule has 0 spiro atoms. The van der Waals surface area contributed by atoms with Crippen molar-refractivity contribution in [1.29, 1.82) is 0 Å². The van der Waals surface area contributed by atoms with E-state index in [1.165, 1.54) is 14.2 Å². The molecular formula is C16H18N2O3. The summed E-state index contributed by atoms with van der Waals surface area (Å²) in [5, 5.41) is 2.80. The Labute approximate surface area is 123 Å². The van der Waals surface area contributed by atoms with Gasteiger partial charge in [-0.1, -0.05) is 30.3 Å². The molecule has 21 heavy (non-hydrogen) atoms. The monoisotopic (exact) mass is 286 g/mol. The molecule has 0 saturated carbocycles. The van der Waals surface area contributed by atoms with Gasteiger partial charge in [-0.15, -0.1) is 0 Å². The first-order valence-electron chi connectivity index (χ1n) is 6.55.